The Morgan fingerprint density at radius 1 is 1.08 bits per heavy atom. The molecule has 0 radical (unpaired) electrons. The largest absolute Gasteiger partial charge is 0.497 e. The number of rotatable bonds is 5. The second-order valence-corrected chi connectivity index (χ2v) is 6.49. The van der Waals surface area contributed by atoms with E-state index >= 15 is 0 Å². The van der Waals surface area contributed by atoms with E-state index in [1.165, 1.54) is 11.3 Å². The van der Waals surface area contributed by atoms with Crippen molar-refractivity contribution in [3.63, 3.8) is 0 Å². The first-order chi connectivity index (χ1) is 12.8. The highest BCUT2D eigenvalue weighted by molar-refractivity contribution is 5.53. The summed E-state index contributed by atoms with van der Waals surface area (Å²) in [6, 6.07) is 19.0. The van der Waals surface area contributed by atoms with E-state index in [1.54, 1.807) is 7.11 Å². The summed E-state index contributed by atoms with van der Waals surface area (Å²) >= 11 is 0. The Balaban J connectivity index is 1.59. The molecule has 26 heavy (non-hydrogen) atoms. The van der Waals surface area contributed by atoms with Crippen LogP contribution >= 0.6 is 0 Å². The van der Waals surface area contributed by atoms with Gasteiger partial charge in [0.25, 0.3) is 0 Å². The zero-order chi connectivity index (χ0) is 17.9. The Bertz CT molecular complexity index is 870. The molecule has 1 aromatic heterocycles. The SMILES string of the molecule is CCc1ccc(-n2ccc([C@H]3OCCN3c3cccc(OC)c3)c2)cc1. The molecule has 0 saturated carbocycles. The van der Waals surface area contributed by atoms with Crippen LogP contribution in [0.4, 0.5) is 5.69 Å². The van der Waals surface area contributed by atoms with Crippen LogP contribution in [0.3, 0.4) is 0 Å². The Kier molecular flexibility index (Phi) is 4.67. The van der Waals surface area contributed by atoms with Crippen molar-refractivity contribution in [3.8, 4) is 11.4 Å². The minimum Gasteiger partial charge on any atom is -0.497 e. The van der Waals surface area contributed by atoms with Crippen LogP contribution in [0.5, 0.6) is 5.75 Å². The Morgan fingerprint density at radius 2 is 1.92 bits per heavy atom. The van der Waals surface area contributed by atoms with E-state index in [1.807, 2.05) is 12.1 Å². The highest BCUT2D eigenvalue weighted by Gasteiger charge is 2.28. The molecule has 0 bridgehead atoms. The van der Waals surface area contributed by atoms with E-state index in [4.69, 9.17) is 9.47 Å². The van der Waals surface area contributed by atoms with Crippen molar-refractivity contribution in [1.29, 1.82) is 0 Å². The van der Waals surface area contributed by atoms with Gasteiger partial charge in [0.2, 0.25) is 0 Å². The fourth-order valence-corrected chi connectivity index (χ4v) is 3.42. The summed E-state index contributed by atoms with van der Waals surface area (Å²) in [6.45, 7) is 3.76. The maximum Gasteiger partial charge on any atom is 0.158 e. The topological polar surface area (TPSA) is 26.6 Å². The van der Waals surface area contributed by atoms with Gasteiger partial charge in [0.05, 0.1) is 13.7 Å². The van der Waals surface area contributed by atoms with Crippen LogP contribution in [-0.2, 0) is 11.2 Å². The molecule has 2 aromatic carbocycles. The number of anilines is 1. The second-order valence-electron chi connectivity index (χ2n) is 6.49. The van der Waals surface area contributed by atoms with Gasteiger partial charge in [0.1, 0.15) is 5.75 Å². The molecule has 1 atom stereocenters. The molecular formula is C22H24N2O2. The summed E-state index contributed by atoms with van der Waals surface area (Å²) in [5.41, 5.74) is 4.79. The molecule has 4 nitrogen and oxygen atoms in total. The van der Waals surface area contributed by atoms with Gasteiger partial charge in [0, 0.05) is 41.9 Å². The third-order valence-corrected chi connectivity index (χ3v) is 4.92. The molecule has 4 rings (SSSR count). The molecule has 1 saturated heterocycles. The number of aryl methyl sites for hydroxylation is 1. The number of aromatic nitrogens is 1. The fraction of sp³-hybridized carbons (Fsp3) is 0.273. The summed E-state index contributed by atoms with van der Waals surface area (Å²) in [5, 5.41) is 0. The highest BCUT2D eigenvalue weighted by atomic mass is 16.5. The van der Waals surface area contributed by atoms with Crippen LogP contribution in [0.2, 0.25) is 0 Å². The average Bonchev–Trinajstić information content (AvgIpc) is 3.37. The molecule has 3 aromatic rings. The first kappa shape index (κ1) is 16.7. The van der Waals surface area contributed by atoms with Crippen LogP contribution < -0.4 is 9.64 Å². The zero-order valence-corrected chi connectivity index (χ0v) is 15.3. The molecule has 0 aliphatic carbocycles. The van der Waals surface area contributed by atoms with Crippen molar-refractivity contribution in [2.45, 2.75) is 19.6 Å². The van der Waals surface area contributed by atoms with Crippen molar-refractivity contribution in [3.05, 3.63) is 78.1 Å². The number of ether oxygens (including phenoxy) is 2. The standard InChI is InChI=1S/C22H24N2O2/c1-3-17-7-9-19(10-8-17)23-12-11-18(16-23)22-24(13-14-26-22)20-5-4-6-21(15-20)25-2/h4-12,15-16,22H,3,13-14H2,1-2H3/t22-/m1/s1. The minimum atomic E-state index is -0.0710. The first-order valence-electron chi connectivity index (χ1n) is 9.08. The van der Waals surface area contributed by atoms with Crippen LogP contribution in [0.1, 0.15) is 24.3 Å². The second kappa shape index (κ2) is 7.26. The summed E-state index contributed by atoms with van der Waals surface area (Å²) in [4.78, 5) is 2.28. The highest BCUT2D eigenvalue weighted by Crippen LogP contribution is 2.34. The maximum absolute atomic E-state index is 6.04. The first-order valence-corrected chi connectivity index (χ1v) is 9.08. The van der Waals surface area contributed by atoms with Crippen molar-refractivity contribution in [1.82, 2.24) is 4.57 Å². The molecule has 2 heterocycles. The number of benzene rings is 2. The molecule has 134 valence electrons. The predicted octanol–water partition coefficient (Wildman–Crippen LogP) is 4.58. The average molecular weight is 348 g/mol. The lowest BCUT2D eigenvalue weighted by atomic mass is 10.1. The van der Waals surface area contributed by atoms with Gasteiger partial charge in [-0.05, 0) is 42.3 Å². The third-order valence-electron chi connectivity index (χ3n) is 4.92. The normalized spacial score (nSPS) is 16.8. The number of methoxy groups -OCH3 is 1. The van der Waals surface area contributed by atoms with Crippen molar-refractivity contribution in [2.24, 2.45) is 0 Å². The van der Waals surface area contributed by atoms with Gasteiger partial charge in [-0.25, -0.2) is 0 Å². The maximum atomic E-state index is 6.04. The van der Waals surface area contributed by atoms with Crippen molar-refractivity contribution >= 4 is 5.69 Å². The van der Waals surface area contributed by atoms with E-state index in [9.17, 15) is 0 Å². The molecule has 1 aliphatic heterocycles. The predicted molar refractivity (Wildman–Crippen MR) is 104 cm³/mol. The van der Waals surface area contributed by atoms with Crippen LogP contribution in [-0.4, -0.2) is 24.8 Å². The van der Waals surface area contributed by atoms with Gasteiger partial charge in [-0.3, -0.25) is 0 Å². The lowest BCUT2D eigenvalue weighted by Crippen LogP contribution is -2.22. The van der Waals surface area contributed by atoms with Gasteiger partial charge in [0.15, 0.2) is 6.23 Å². The number of nitrogens with zero attached hydrogens (tertiary/aromatic N) is 2. The molecular weight excluding hydrogens is 324 g/mol. The van der Waals surface area contributed by atoms with E-state index < -0.39 is 0 Å². The number of hydrogen-bond donors (Lipinski definition) is 0. The van der Waals surface area contributed by atoms with Crippen molar-refractivity contribution in [2.75, 3.05) is 25.2 Å². The summed E-state index contributed by atoms with van der Waals surface area (Å²) in [5.74, 6) is 0.863. The van der Waals surface area contributed by atoms with Gasteiger partial charge in [-0.15, -0.1) is 0 Å². The van der Waals surface area contributed by atoms with E-state index in [0.29, 0.717) is 0 Å². The summed E-state index contributed by atoms with van der Waals surface area (Å²) < 4.78 is 13.6. The van der Waals surface area contributed by atoms with E-state index in [2.05, 4.69) is 71.2 Å². The number of hydrogen-bond acceptors (Lipinski definition) is 3. The van der Waals surface area contributed by atoms with Crippen LogP contribution in [0.15, 0.2) is 67.0 Å². The van der Waals surface area contributed by atoms with Crippen LogP contribution in [0.25, 0.3) is 5.69 Å². The minimum absolute atomic E-state index is 0.0710. The van der Waals surface area contributed by atoms with Gasteiger partial charge in [-0.1, -0.05) is 25.1 Å². The van der Waals surface area contributed by atoms with Crippen molar-refractivity contribution < 1.29 is 9.47 Å². The van der Waals surface area contributed by atoms with Gasteiger partial charge in [-0.2, -0.15) is 0 Å². The Morgan fingerprint density at radius 3 is 2.69 bits per heavy atom. The molecule has 1 aliphatic rings. The lowest BCUT2D eigenvalue weighted by Gasteiger charge is -2.25. The molecule has 0 amide bonds. The fourth-order valence-electron chi connectivity index (χ4n) is 3.42. The van der Waals surface area contributed by atoms with E-state index in [0.717, 1.165) is 36.6 Å². The smallest absolute Gasteiger partial charge is 0.158 e. The zero-order valence-electron chi connectivity index (χ0n) is 15.3. The monoisotopic (exact) mass is 348 g/mol. The Labute approximate surface area is 154 Å². The molecule has 4 heteroatoms. The summed E-state index contributed by atoms with van der Waals surface area (Å²) in [7, 11) is 1.70. The Hall–Kier alpha value is -2.72. The summed E-state index contributed by atoms with van der Waals surface area (Å²) in [6.07, 6.45) is 5.24. The van der Waals surface area contributed by atoms with Crippen LogP contribution in [0, 0.1) is 0 Å². The molecule has 1 fully saturated rings. The molecule has 0 N–H and O–H groups in total. The molecule has 0 unspecified atom stereocenters. The van der Waals surface area contributed by atoms with Gasteiger partial charge >= 0.3 is 0 Å². The molecule has 0 spiro atoms. The van der Waals surface area contributed by atoms with E-state index in [-0.39, 0.29) is 6.23 Å². The quantitative estimate of drug-likeness (QED) is 0.675. The van der Waals surface area contributed by atoms with Gasteiger partial charge < -0.3 is 18.9 Å². The third kappa shape index (κ3) is 3.20. The lowest BCUT2D eigenvalue weighted by molar-refractivity contribution is 0.114.